The number of esters is 1. The Hall–Kier alpha value is -2.42. The zero-order chi connectivity index (χ0) is 28.3. The molecule has 3 rings (SSSR count). The predicted molar refractivity (Wildman–Crippen MR) is 141 cm³/mol. The van der Waals surface area contributed by atoms with Crippen molar-refractivity contribution in [1.29, 1.82) is 0 Å². The SMILES string of the molecule is CC(NP(=S)(OC[C@@]1(N)OC(n2ccc(=O)[nH]c2=O)[C@H](O)[C@@H]1O)Oc1ccccc1)C(=O)OCC(C)(C)C. The normalized spacial score (nSPS) is 25.9. The molecular formula is C23H33N4O9PS. The summed E-state index contributed by atoms with van der Waals surface area (Å²) in [5.74, 6) is -0.239. The fraction of sp³-hybridized carbons (Fsp3) is 0.522. The van der Waals surface area contributed by atoms with Gasteiger partial charge in [-0.25, -0.2) is 9.88 Å². The smallest absolute Gasteiger partial charge is 0.330 e. The van der Waals surface area contributed by atoms with Crippen LogP contribution in [-0.2, 0) is 30.6 Å². The minimum absolute atomic E-state index is 0.177. The molecule has 0 radical (unpaired) electrons. The molecule has 1 aliphatic heterocycles. The van der Waals surface area contributed by atoms with Crippen molar-refractivity contribution in [3.05, 3.63) is 63.4 Å². The Balaban J connectivity index is 1.79. The van der Waals surface area contributed by atoms with Gasteiger partial charge in [0.25, 0.3) is 5.56 Å². The number of rotatable bonds is 10. The van der Waals surface area contributed by atoms with E-state index in [1.165, 1.54) is 6.92 Å². The highest BCUT2D eigenvalue weighted by Crippen LogP contribution is 2.47. The Morgan fingerprint density at radius 1 is 1.29 bits per heavy atom. The van der Waals surface area contributed by atoms with Crippen molar-refractivity contribution in [3.63, 3.8) is 0 Å². The highest BCUT2D eigenvalue weighted by atomic mass is 32.5. The van der Waals surface area contributed by atoms with Gasteiger partial charge in [-0.1, -0.05) is 39.0 Å². The number of benzene rings is 1. The van der Waals surface area contributed by atoms with Crippen LogP contribution in [0.4, 0.5) is 0 Å². The molecule has 1 fully saturated rings. The number of hydrogen-bond acceptors (Lipinski definition) is 11. The number of aliphatic hydroxyl groups is 2. The molecule has 3 unspecified atom stereocenters. The minimum Gasteiger partial charge on any atom is -0.464 e. The van der Waals surface area contributed by atoms with Crippen molar-refractivity contribution in [2.45, 2.75) is 57.9 Å². The van der Waals surface area contributed by atoms with Crippen LogP contribution < -0.4 is 26.6 Å². The van der Waals surface area contributed by atoms with Gasteiger partial charge in [0.05, 0.1) is 6.61 Å². The maximum atomic E-state index is 12.6. The Labute approximate surface area is 224 Å². The van der Waals surface area contributed by atoms with E-state index in [-0.39, 0.29) is 12.0 Å². The first-order valence-electron chi connectivity index (χ1n) is 11.7. The van der Waals surface area contributed by atoms with Gasteiger partial charge in [0.2, 0.25) is 0 Å². The summed E-state index contributed by atoms with van der Waals surface area (Å²) in [4.78, 5) is 38.2. The molecule has 1 aromatic heterocycles. The third-order valence-corrected chi connectivity index (χ3v) is 7.84. The zero-order valence-corrected chi connectivity index (χ0v) is 23.1. The summed E-state index contributed by atoms with van der Waals surface area (Å²) >= 11 is 5.64. The molecule has 0 spiro atoms. The second-order valence-corrected chi connectivity index (χ2v) is 13.2. The van der Waals surface area contributed by atoms with E-state index in [0.717, 1.165) is 16.8 Å². The Kier molecular flexibility index (Phi) is 9.32. The van der Waals surface area contributed by atoms with Crippen molar-refractivity contribution in [3.8, 4) is 5.75 Å². The fourth-order valence-corrected chi connectivity index (χ4v) is 5.80. The van der Waals surface area contributed by atoms with E-state index in [1.807, 2.05) is 25.8 Å². The summed E-state index contributed by atoms with van der Waals surface area (Å²) in [6.45, 7) is 3.32. The molecule has 0 aliphatic carbocycles. The maximum absolute atomic E-state index is 12.6. The monoisotopic (exact) mass is 572 g/mol. The molecule has 15 heteroatoms. The van der Waals surface area contributed by atoms with Crippen LogP contribution in [0.15, 0.2) is 52.2 Å². The van der Waals surface area contributed by atoms with Gasteiger partial charge < -0.3 is 28.7 Å². The molecule has 38 heavy (non-hydrogen) atoms. The average molecular weight is 573 g/mol. The molecule has 2 aromatic rings. The van der Waals surface area contributed by atoms with Gasteiger partial charge in [-0.15, -0.1) is 0 Å². The summed E-state index contributed by atoms with van der Waals surface area (Å²) in [7, 11) is 0. The average Bonchev–Trinajstić information content (AvgIpc) is 3.06. The molecule has 2 heterocycles. The number of H-pyrrole nitrogens is 1. The summed E-state index contributed by atoms with van der Waals surface area (Å²) in [5.41, 5.74) is 2.42. The quantitative estimate of drug-likeness (QED) is 0.194. The lowest BCUT2D eigenvalue weighted by Crippen LogP contribution is -2.54. The molecule has 0 bridgehead atoms. The van der Waals surface area contributed by atoms with Crippen molar-refractivity contribution < 1.29 is 33.5 Å². The van der Waals surface area contributed by atoms with E-state index in [2.05, 4.69) is 5.09 Å². The molecule has 6 atom stereocenters. The number of aliphatic hydroxyl groups excluding tert-OH is 2. The van der Waals surface area contributed by atoms with Crippen LogP contribution in [0, 0.1) is 5.41 Å². The third-order valence-electron chi connectivity index (χ3n) is 5.36. The van der Waals surface area contributed by atoms with Crippen LogP contribution in [0.5, 0.6) is 5.75 Å². The van der Waals surface area contributed by atoms with Gasteiger partial charge in [0.1, 0.15) is 30.6 Å². The van der Waals surface area contributed by atoms with Gasteiger partial charge >= 0.3 is 18.3 Å². The number of carbonyl (C=O) groups excluding carboxylic acids is 1. The first-order valence-corrected chi connectivity index (χ1v) is 14.3. The van der Waals surface area contributed by atoms with Crippen molar-refractivity contribution in [2.75, 3.05) is 13.2 Å². The number of hydrogen-bond donors (Lipinski definition) is 5. The summed E-state index contributed by atoms with van der Waals surface area (Å²) < 4.78 is 23.7. The van der Waals surface area contributed by atoms with E-state index in [1.54, 1.807) is 30.3 Å². The van der Waals surface area contributed by atoms with Gasteiger partial charge in [-0.2, -0.15) is 0 Å². The summed E-state index contributed by atoms with van der Waals surface area (Å²) in [5, 5.41) is 24.1. The number of aromatic nitrogens is 2. The van der Waals surface area contributed by atoms with Gasteiger partial charge in [0.15, 0.2) is 12.0 Å². The van der Waals surface area contributed by atoms with Gasteiger partial charge in [-0.05, 0) is 36.3 Å². The first kappa shape index (κ1) is 30.1. The number of ether oxygens (including phenoxy) is 2. The van der Waals surface area contributed by atoms with Crippen LogP contribution >= 0.6 is 6.64 Å². The summed E-state index contributed by atoms with van der Waals surface area (Å²) in [6, 6.07) is 8.59. The van der Waals surface area contributed by atoms with Crippen molar-refractivity contribution in [1.82, 2.24) is 14.6 Å². The molecule has 6 N–H and O–H groups in total. The van der Waals surface area contributed by atoms with E-state index >= 15 is 0 Å². The van der Waals surface area contributed by atoms with E-state index in [9.17, 15) is 24.6 Å². The lowest BCUT2D eigenvalue weighted by atomic mass is 9.99. The standard InChI is InChI=1S/C23H33N4O9PS/c1-14(20(31)33-12-22(2,3)4)26-37(38,36-15-8-6-5-7-9-15)34-13-23(24)18(30)17(29)19(35-23)27-11-10-16(28)25-21(27)32/h5-11,14,17-19,29-30H,12-13,24H2,1-4H3,(H,26,38)(H,25,28,32)/t14?,17-,18+,19?,23-,37?/m1/s1. The van der Waals surface area contributed by atoms with Crippen LogP contribution in [0.3, 0.4) is 0 Å². The van der Waals surface area contributed by atoms with Crippen molar-refractivity contribution in [2.24, 2.45) is 11.1 Å². The third kappa shape index (κ3) is 7.58. The molecule has 210 valence electrons. The van der Waals surface area contributed by atoms with E-state index < -0.39 is 60.7 Å². The van der Waals surface area contributed by atoms with Crippen LogP contribution in [0.2, 0.25) is 0 Å². The Morgan fingerprint density at radius 2 is 1.95 bits per heavy atom. The Bertz CT molecular complexity index is 1280. The first-order chi connectivity index (χ1) is 17.6. The molecule has 1 saturated heterocycles. The lowest BCUT2D eigenvalue weighted by molar-refractivity contribution is -0.148. The van der Waals surface area contributed by atoms with Crippen LogP contribution in [-0.4, -0.2) is 62.9 Å². The van der Waals surface area contributed by atoms with Gasteiger partial charge in [-0.3, -0.25) is 24.9 Å². The van der Waals surface area contributed by atoms with Crippen LogP contribution in [0.1, 0.15) is 33.9 Å². The lowest BCUT2D eigenvalue weighted by Gasteiger charge is -2.32. The predicted octanol–water partition coefficient (Wildman–Crippen LogP) is 0.330. The highest BCUT2D eigenvalue weighted by molar-refractivity contribution is 8.09. The molecule has 1 aliphatic rings. The second-order valence-electron chi connectivity index (χ2n) is 10.1. The summed E-state index contributed by atoms with van der Waals surface area (Å²) in [6.07, 6.45) is -3.71. The van der Waals surface area contributed by atoms with E-state index in [0.29, 0.717) is 5.75 Å². The maximum Gasteiger partial charge on any atom is 0.330 e. The zero-order valence-electron chi connectivity index (χ0n) is 21.4. The molecule has 1 aromatic carbocycles. The number of nitrogens with one attached hydrogen (secondary N) is 2. The van der Waals surface area contributed by atoms with E-state index in [4.69, 9.17) is 36.1 Å². The number of para-hydroxylation sites is 1. The number of nitrogens with two attached hydrogens (primary N) is 1. The second kappa shape index (κ2) is 11.8. The molecular weight excluding hydrogens is 539 g/mol. The molecule has 13 nitrogen and oxygen atoms in total. The number of carbonyl (C=O) groups is 1. The van der Waals surface area contributed by atoms with Gasteiger partial charge in [0, 0.05) is 12.3 Å². The molecule has 0 amide bonds. The largest absolute Gasteiger partial charge is 0.464 e. The topological polar surface area (TPSA) is 187 Å². The Morgan fingerprint density at radius 3 is 2.55 bits per heavy atom. The molecule has 0 saturated carbocycles. The fourth-order valence-electron chi connectivity index (χ4n) is 3.38. The van der Waals surface area contributed by atoms with Crippen molar-refractivity contribution >= 4 is 24.4 Å². The van der Waals surface area contributed by atoms with Crippen LogP contribution in [0.25, 0.3) is 0 Å². The minimum atomic E-state index is -3.55. The number of nitrogens with zero attached hydrogens (tertiary/aromatic N) is 1. The number of aromatic amines is 1. The highest BCUT2D eigenvalue weighted by Gasteiger charge is 2.54.